The Hall–Kier alpha value is -0.610. The summed E-state index contributed by atoms with van der Waals surface area (Å²) in [7, 11) is 0. The highest BCUT2D eigenvalue weighted by Gasteiger charge is 2.43. The molecule has 0 aromatic rings. The Morgan fingerprint density at radius 2 is 2.36 bits per heavy atom. The van der Waals surface area contributed by atoms with E-state index in [1.54, 1.807) is 0 Å². The average molecular weight is 202 g/mol. The number of carbonyl (C=O) groups is 1. The highest BCUT2D eigenvalue weighted by atomic mass is 17.1. The van der Waals surface area contributed by atoms with Crippen LogP contribution in [0.1, 0.15) is 33.6 Å². The Balaban J connectivity index is 2.75. The molecule has 0 saturated carbocycles. The molecule has 0 amide bonds. The van der Waals surface area contributed by atoms with Gasteiger partial charge in [-0.15, -0.1) is 0 Å². The molecule has 1 rings (SSSR count). The Kier molecular flexibility index (Phi) is 3.50. The molecule has 0 aromatic carbocycles. The van der Waals surface area contributed by atoms with E-state index in [1.165, 1.54) is 0 Å². The monoisotopic (exact) mass is 202 g/mol. The Morgan fingerprint density at radius 3 is 2.71 bits per heavy atom. The van der Waals surface area contributed by atoms with E-state index in [1.807, 2.05) is 20.8 Å². The molecule has 1 aliphatic rings. The summed E-state index contributed by atoms with van der Waals surface area (Å²) in [5, 5.41) is 8.86. The van der Waals surface area contributed by atoms with E-state index in [2.05, 4.69) is 4.89 Å². The van der Waals surface area contributed by atoms with Crippen LogP contribution in [0.5, 0.6) is 0 Å². The van der Waals surface area contributed by atoms with Gasteiger partial charge in [-0.1, -0.05) is 20.8 Å². The molecule has 14 heavy (non-hydrogen) atoms. The minimum Gasteiger partial charge on any atom is -0.465 e. The molecule has 1 aliphatic heterocycles. The van der Waals surface area contributed by atoms with Gasteiger partial charge in [-0.25, -0.2) is 4.89 Å². The molecule has 0 aromatic heterocycles. The van der Waals surface area contributed by atoms with Crippen LogP contribution < -0.4 is 0 Å². The quantitative estimate of drug-likeness (QED) is 0.429. The average Bonchev–Trinajstić information content (AvgIpc) is 2.53. The smallest absolute Gasteiger partial charge is 0.311 e. The number of hydrogen-bond acceptors (Lipinski definition) is 4. The van der Waals surface area contributed by atoms with Crippen molar-refractivity contribution < 1.29 is 19.7 Å². The first-order valence-corrected chi connectivity index (χ1v) is 4.99. The predicted octanol–water partition coefficient (Wildman–Crippen LogP) is 1.84. The van der Waals surface area contributed by atoms with Gasteiger partial charge in [-0.3, -0.25) is 10.1 Å². The predicted molar refractivity (Wildman–Crippen MR) is 50.6 cm³/mol. The van der Waals surface area contributed by atoms with Gasteiger partial charge < -0.3 is 4.74 Å². The first-order chi connectivity index (χ1) is 6.53. The van der Waals surface area contributed by atoms with E-state index in [9.17, 15) is 4.79 Å². The van der Waals surface area contributed by atoms with Crippen LogP contribution in [0.3, 0.4) is 0 Å². The van der Waals surface area contributed by atoms with E-state index in [0.29, 0.717) is 13.0 Å². The molecule has 1 fully saturated rings. The summed E-state index contributed by atoms with van der Waals surface area (Å²) in [4.78, 5) is 15.8. The third kappa shape index (κ3) is 2.07. The number of cyclic esters (lactones) is 1. The molecule has 2 atom stereocenters. The van der Waals surface area contributed by atoms with Crippen molar-refractivity contribution >= 4 is 5.97 Å². The molecule has 1 saturated heterocycles. The van der Waals surface area contributed by atoms with Gasteiger partial charge in [0.1, 0.15) is 6.10 Å². The van der Waals surface area contributed by atoms with Gasteiger partial charge in [0.2, 0.25) is 0 Å². The summed E-state index contributed by atoms with van der Waals surface area (Å²) in [5.74, 6) is -0.583. The van der Waals surface area contributed by atoms with Crippen LogP contribution in [-0.2, 0) is 14.4 Å². The van der Waals surface area contributed by atoms with E-state index >= 15 is 0 Å². The van der Waals surface area contributed by atoms with Crippen molar-refractivity contribution in [1.82, 2.24) is 0 Å². The standard InChI is InChI=1S/C10H18O4/c1-4-10(2,3)8(14-12)7-5-6-13-9(7)11/h7-8,12H,4-6H2,1-3H3. The van der Waals surface area contributed by atoms with Crippen LogP contribution in [0.15, 0.2) is 0 Å². The fourth-order valence-electron chi connectivity index (χ4n) is 1.75. The van der Waals surface area contributed by atoms with Gasteiger partial charge in [0.05, 0.1) is 12.5 Å². The molecule has 0 aliphatic carbocycles. The van der Waals surface area contributed by atoms with Crippen molar-refractivity contribution in [2.75, 3.05) is 6.61 Å². The molecular formula is C10H18O4. The topological polar surface area (TPSA) is 55.8 Å². The summed E-state index contributed by atoms with van der Waals surface area (Å²) in [6.07, 6.45) is 0.998. The third-order valence-corrected chi connectivity index (χ3v) is 3.14. The van der Waals surface area contributed by atoms with E-state index in [0.717, 1.165) is 6.42 Å². The minimum absolute atomic E-state index is 0.219. The Bertz CT molecular complexity index is 212. The first-order valence-electron chi connectivity index (χ1n) is 4.99. The number of hydrogen-bond donors (Lipinski definition) is 1. The fraction of sp³-hybridized carbons (Fsp3) is 0.900. The van der Waals surface area contributed by atoms with Crippen LogP contribution >= 0.6 is 0 Å². The Morgan fingerprint density at radius 1 is 1.71 bits per heavy atom. The first kappa shape index (κ1) is 11.5. The molecule has 82 valence electrons. The lowest BCUT2D eigenvalue weighted by atomic mass is 9.77. The lowest BCUT2D eigenvalue weighted by molar-refractivity contribution is -0.311. The highest BCUT2D eigenvalue weighted by molar-refractivity contribution is 5.74. The van der Waals surface area contributed by atoms with Crippen molar-refractivity contribution in [3.63, 3.8) is 0 Å². The molecule has 0 bridgehead atoms. The summed E-state index contributed by atoms with van der Waals surface area (Å²) in [6.45, 7) is 6.38. The Labute approximate surface area is 84.1 Å². The van der Waals surface area contributed by atoms with Crippen LogP contribution in [0.4, 0.5) is 0 Å². The molecule has 0 spiro atoms. The summed E-state index contributed by atoms with van der Waals surface area (Å²) in [5.41, 5.74) is -0.219. The van der Waals surface area contributed by atoms with E-state index in [4.69, 9.17) is 9.99 Å². The van der Waals surface area contributed by atoms with Gasteiger partial charge in [-0.2, -0.15) is 0 Å². The van der Waals surface area contributed by atoms with Crippen molar-refractivity contribution in [2.24, 2.45) is 11.3 Å². The summed E-state index contributed by atoms with van der Waals surface area (Å²) in [6, 6.07) is 0. The van der Waals surface area contributed by atoms with E-state index in [-0.39, 0.29) is 17.3 Å². The van der Waals surface area contributed by atoms with Crippen molar-refractivity contribution in [3.05, 3.63) is 0 Å². The molecule has 4 heteroatoms. The van der Waals surface area contributed by atoms with Gasteiger partial charge in [-0.05, 0) is 18.3 Å². The highest BCUT2D eigenvalue weighted by Crippen LogP contribution is 2.35. The lowest BCUT2D eigenvalue weighted by Gasteiger charge is -2.32. The summed E-state index contributed by atoms with van der Waals surface area (Å²) >= 11 is 0. The van der Waals surface area contributed by atoms with Crippen LogP contribution in [-0.4, -0.2) is 23.9 Å². The molecular weight excluding hydrogens is 184 g/mol. The second kappa shape index (κ2) is 4.28. The second-order valence-electron chi connectivity index (χ2n) is 4.43. The van der Waals surface area contributed by atoms with E-state index < -0.39 is 6.10 Å². The molecule has 1 N–H and O–H groups in total. The SMILES string of the molecule is CCC(C)(C)C(OO)C1CCOC1=O. The van der Waals surface area contributed by atoms with Crippen LogP contribution in [0, 0.1) is 11.3 Å². The molecule has 4 nitrogen and oxygen atoms in total. The normalized spacial score (nSPS) is 24.9. The lowest BCUT2D eigenvalue weighted by Crippen LogP contribution is -2.39. The second-order valence-corrected chi connectivity index (χ2v) is 4.43. The van der Waals surface area contributed by atoms with Crippen molar-refractivity contribution in [1.29, 1.82) is 0 Å². The fourth-order valence-corrected chi connectivity index (χ4v) is 1.75. The number of ether oxygens (including phenoxy) is 1. The van der Waals surface area contributed by atoms with Gasteiger partial charge >= 0.3 is 5.97 Å². The number of esters is 1. The van der Waals surface area contributed by atoms with Crippen molar-refractivity contribution in [3.8, 4) is 0 Å². The molecule has 1 heterocycles. The summed E-state index contributed by atoms with van der Waals surface area (Å²) < 4.78 is 4.86. The maximum atomic E-state index is 11.3. The largest absolute Gasteiger partial charge is 0.465 e. The molecule has 0 radical (unpaired) electrons. The maximum Gasteiger partial charge on any atom is 0.311 e. The van der Waals surface area contributed by atoms with Crippen molar-refractivity contribution in [2.45, 2.75) is 39.7 Å². The third-order valence-electron chi connectivity index (χ3n) is 3.14. The van der Waals surface area contributed by atoms with Gasteiger partial charge in [0, 0.05) is 0 Å². The minimum atomic E-state index is -0.470. The van der Waals surface area contributed by atoms with Crippen LogP contribution in [0.2, 0.25) is 0 Å². The zero-order valence-corrected chi connectivity index (χ0v) is 8.95. The zero-order chi connectivity index (χ0) is 10.8. The maximum absolute atomic E-state index is 11.3. The molecule has 2 unspecified atom stereocenters. The number of rotatable bonds is 4. The van der Waals surface area contributed by atoms with Crippen LogP contribution in [0.25, 0.3) is 0 Å². The zero-order valence-electron chi connectivity index (χ0n) is 8.95. The van der Waals surface area contributed by atoms with Gasteiger partial charge in [0.25, 0.3) is 0 Å². The number of carbonyl (C=O) groups excluding carboxylic acids is 1. The van der Waals surface area contributed by atoms with Gasteiger partial charge in [0.15, 0.2) is 0 Å².